The third kappa shape index (κ3) is 5.40. The van der Waals surface area contributed by atoms with Crippen molar-refractivity contribution >= 4 is 21.5 Å². The molecule has 8 heteroatoms. The Kier molecular flexibility index (Phi) is 6.72. The van der Waals surface area contributed by atoms with Crippen molar-refractivity contribution in [2.24, 2.45) is 0 Å². The van der Waals surface area contributed by atoms with Gasteiger partial charge in [-0.25, -0.2) is 9.71 Å². The number of thiazole rings is 1. The van der Waals surface area contributed by atoms with E-state index in [0.29, 0.717) is 19.5 Å². The Bertz CT molecular complexity index is 419. The van der Waals surface area contributed by atoms with Crippen molar-refractivity contribution in [2.45, 2.75) is 12.8 Å². The molecule has 0 aliphatic rings. The van der Waals surface area contributed by atoms with Crippen molar-refractivity contribution < 1.29 is 8.42 Å². The largest absolute Gasteiger partial charge is 0.320 e. The number of hydrogen-bond donors (Lipinski definition) is 2. The Morgan fingerprint density at radius 3 is 2.83 bits per heavy atom. The minimum atomic E-state index is -3.36. The van der Waals surface area contributed by atoms with E-state index in [9.17, 15) is 8.42 Å². The van der Waals surface area contributed by atoms with E-state index in [2.05, 4.69) is 15.0 Å². The molecule has 2 N–H and O–H groups in total. The summed E-state index contributed by atoms with van der Waals surface area (Å²) in [6, 6.07) is 0. The van der Waals surface area contributed by atoms with Crippen LogP contribution in [-0.2, 0) is 16.6 Å². The average molecular weight is 292 g/mol. The van der Waals surface area contributed by atoms with Gasteiger partial charge in [0.05, 0.1) is 5.01 Å². The second-order valence-electron chi connectivity index (χ2n) is 3.85. The highest BCUT2D eigenvalue weighted by molar-refractivity contribution is 7.87. The lowest BCUT2D eigenvalue weighted by molar-refractivity contribution is 0.448. The summed E-state index contributed by atoms with van der Waals surface area (Å²) in [5.74, 6) is 0. The summed E-state index contributed by atoms with van der Waals surface area (Å²) in [4.78, 5) is 4.10. The second-order valence-corrected chi connectivity index (χ2v) is 6.70. The Hall–Kier alpha value is -0.540. The van der Waals surface area contributed by atoms with Crippen LogP contribution in [0.15, 0.2) is 11.6 Å². The maximum absolute atomic E-state index is 11.8. The lowest BCUT2D eigenvalue weighted by Crippen LogP contribution is -2.40. The molecule has 1 heterocycles. The molecular weight excluding hydrogens is 272 g/mol. The van der Waals surface area contributed by atoms with Crippen LogP contribution in [0.25, 0.3) is 0 Å². The second kappa shape index (κ2) is 7.80. The molecule has 0 atom stereocenters. The van der Waals surface area contributed by atoms with Gasteiger partial charge in [-0.3, -0.25) is 0 Å². The maximum atomic E-state index is 11.8. The fourth-order valence-electron chi connectivity index (χ4n) is 1.37. The van der Waals surface area contributed by atoms with Gasteiger partial charge in [-0.15, -0.1) is 11.3 Å². The molecule has 0 fully saturated rings. The van der Waals surface area contributed by atoms with E-state index >= 15 is 0 Å². The zero-order valence-corrected chi connectivity index (χ0v) is 12.4. The van der Waals surface area contributed by atoms with E-state index in [1.807, 2.05) is 12.4 Å². The van der Waals surface area contributed by atoms with E-state index in [1.165, 1.54) is 15.6 Å². The molecule has 6 nitrogen and oxygen atoms in total. The maximum Gasteiger partial charge on any atom is 0.279 e. The lowest BCUT2D eigenvalue weighted by atomic mass is 10.4. The first-order valence-corrected chi connectivity index (χ1v) is 8.12. The van der Waals surface area contributed by atoms with Crippen molar-refractivity contribution in [3.05, 3.63) is 16.6 Å². The van der Waals surface area contributed by atoms with Gasteiger partial charge in [0.15, 0.2) is 0 Å². The van der Waals surface area contributed by atoms with Crippen LogP contribution in [0, 0.1) is 0 Å². The van der Waals surface area contributed by atoms with Crippen LogP contribution in [-0.4, -0.2) is 51.4 Å². The topological polar surface area (TPSA) is 74.3 Å². The van der Waals surface area contributed by atoms with Gasteiger partial charge in [0, 0.05) is 38.1 Å². The molecule has 0 amide bonds. The summed E-state index contributed by atoms with van der Waals surface area (Å²) in [6.45, 7) is 1.69. The zero-order chi connectivity index (χ0) is 13.4. The monoisotopic (exact) mass is 292 g/mol. The molecule has 1 rings (SSSR count). The third-order valence-corrected chi connectivity index (χ3v) is 4.83. The van der Waals surface area contributed by atoms with Gasteiger partial charge >= 0.3 is 0 Å². The molecule has 0 saturated heterocycles. The molecule has 1 aromatic heterocycles. The van der Waals surface area contributed by atoms with E-state index in [1.54, 1.807) is 13.2 Å². The molecule has 0 radical (unpaired) electrons. The highest BCUT2D eigenvalue weighted by Crippen LogP contribution is 2.04. The van der Waals surface area contributed by atoms with Crippen LogP contribution >= 0.6 is 11.3 Å². The first-order valence-electron chi connectivity index (χ1n) is 5.80. The van der Waals surface area contributed by atoms with Crippen molar-refractivity contribution in [1.29, 1.82) is 0 Å². The molecule has 0 unspecified atom stereocenters. The Morgan fingerprint density at radius 2 is 2.22 bits per heavy atom. The van der Waals surface area contributed by atoms with Crippen LogP contribution in [0.3, 0.4) is 0 Å². The van der Waals surface area contributed by atoms with Crippen molar-refractivity contribution in [3.63, 3.8) is 0 Å². The smallest absolute Gasteiger partial charge is 0.279 e. The summed E-state index contributed by atoms with van der Waals surface area (Å²) in [7, 11) is 0.0711. The van der Waals surface area contributed by atoms with E-state index < -0.39 is 10.2 Å². The molecule has 0 aromatic carbocycles. The Labute approximate surface area is 113 Å². The van der Waals surface area contributed by atoms with Gasteiger partial charge in [-0.05, 0) is 20.0 Å². The van der Waals surface area contributed by atoms with Gasteiger partial charge in [0.25, 0.3) is 10.2 Å². The van der Waals surface area contributed by atoms with Gasteiger partial charge in [-0.1, -0.05) is 0 Å². The van der Waals surface area contributed by atoms with E-state index in [-0.39, 0.29) is 0 Å². The standard InChI is InChI=1S/C10H20N4O2S2/c1-11-5-3-8-14(2)18(15,16)13-6-4-10-12-7-9-17-10/h7,9,11,13H,3-6,8H2,1-2H3. The van der Waals surface area contributed by atoms with Gasteiger partial charge in [-0.2, -0.15) is 12.7 Å². The number of nitrogens with one attached hydrogen (secondary N) is 2. The van der Waals surface area contributed by atoms with Gasteiger partial charge in [0.1, 0.15) is 0 Å². The van der Waals surface area contributed by atoms with Crippen LogP contribution in [0.2, 0.25) is 0 Å². The minimum Gasteiger partial charge on any atom is -0.320 e. The number of hydrogen-bond acceptors (Lipinski definition) is 5. The molecule has 1 aromatic rings. The molecule has 0 aliphatic heterocycles. The Morgan fingerprint density at radius 1 is 1.44 bits per heavy atom. The predicted molar refractivity (Wildman–Crippen MR) is 73.9 cm³/mol. The van der Waals surface area contributed by atoms with Crippen LogP contribution in [0.4, 0.5) is 0 Å². The summed E-state index contributed by atoms with van der Waals surface area (Å²) in [5.41, 5.74) is 0. The molecule has 0 saturated carbocycles. The van der Waals surface area contributed by atoms with Crippen molar-refractivity contribution in [2.75, 3.05) is 33.7 Å². The fraction of sp³-hybridized carbons (Fsp3) is 0.700. The first kappa shape index (κ1) is 15.5. The molecule has 0 bridgehead atoms. The lowest BCUT2D eigenvalue weighted by Gasteiger charge is -2.17. The molecule has 18 heavy (non-hydrogen) atoms. The molecule has 0 aliphatic carbocycles. The molecule has 0 spiro atoms. The fourth-order valence-corrected chi connectivity index (χ4v) is 2.94. The summed E-state index contributed by atoms with van der Waals surface area (Å²) in [6.07, 6.45) is 3.14. The number of nitrogens with zero attached hydrogens (tertiary/aromatic N) is 2. The molecule has 104 valence electrons. The SMILES string of the molecule is CNCCCN(C)S(=O)(=O)NCCc1nccs1. The van der Waals surface area contributed by atoms with Crippen LogP contribution < -0.4 is 10.0 Å². The number of rotatable bonds is 9. The summed E-state index contributed by atoms with van der Waals surface area (Å²) >= 11 is 1.53. The van der Waals surface area contributed by atoms with E-state index in [4.69, 9.17) is 0 Å². The first-order chi connectivity index (χ1) is 8.56. The average Bonchev–Trinajstić information content (AvgIpc) is 2.82. The third-order valence-electron chi connectivity index (χ3n) is 2.42. The van der Waals surface area contributed by atoms with Gasteiger partial charge < -0.3 is 5.32 Å². The molecular formula is C10H20N4O2S2. The Balaban J connectivity index is 2.30. The highest BCUT2D eigenvalue weighted by Gasteiger charge is 2.16. The number of aromatic nitrogens is 1. The van der Waals surface area contributed by atoms with Crippen molar-refractivity contribution in [1.82, 2.24) is 19.3 Å². The normalized spacial score (nSPS) is 12.2. The minimum absolute atomic E-state index is 0.381. The van der Waals surface area contributed by atoms with Crippen molar-refractivity contribution in [3.8, 4) is 0 Å². The predicted octanol–water partition coefficient (Wildman–Crippen LogP) is 0.0613. The van der Waals surface area contributed by atoms with Crippen LogP contribution in [0.1, 0.15) is 11.4 Å². The summed E-state index contributed by atoms with van der Waals surface area (Å²) in [5, 5.41) is 5.81. The highest BCUT2D eigenvalue weighted by atomic mass is 32.2. The van der Waals surface area contributed by atoms with Crippen LogP contribution in [0.5, 0.6) is 0 Å². The van der Waals surface area contributed by atoms with E-state index in [0.717, 1.165) is 18.0 Å². The summed E-state index contributed by atoms with van der Waals surface area (Å²) < 4.78 is 27.6. The quantitative estimate of drug-likeness (QED) is 0.631. The van der Waals surface area contributed by atoms with Gasteiger partial charge in [0.2, 0.25) is 0 Å². The zero-order valence-electron chi connectivity index (χ0n) is 10.7.